The maximum absolute atomic E-state index is 11.3. The lowest BCUT2D eigenvalue weighted by molar-refractivity contribution is 0.112. The predicted octanol–water partition coefficient (Wildman–Crippen LogP) is 5.47. The summed E-state index contributed by atoms with van der Waals surface area (Å²) in [5, 5.41) is 4.23. The number of hydrogen-bond donors (Lipinski definition) is 2. The van der Waals surface area contributed by atoms with Crippen molar-refractivity contribution < 1.29 is 4.79 Å². The van der Waals surface area contributed by atoms with Crippen molar-refractivity contribution in [2.24, 2.45) is 0 Å². The second-order valence-corrected chi connectivity index (χ2v) is 8.71. The zero-order valence-electron chi connectivity index (χ0n) is 18.6. The fourth-order valence-electron chi connectivity index (χ4n) is 3.90. The number of aromatic nitrogens is 3. The molecular formula is C25H29N5OS. The first-order valence-electron chi connectivity index (χ1n) is 11.2. The Morgan fingerprint density at radius 3 is 2.69 bits per heavy atom. The van der Waals surface area contributed by atoms with Gasteiger partial charge in [-0.15, -0.1) is 0 Å². The van der Waals surface area contributed by atoms with Crippen molar-refractivity contribution in [3.05, 3.63) is 59.9 Å². The van der Waals surface area contributed by atoms with Gasteiger partial charge in [-0.1, -0.05) is 37.6 Å². The van der Waals surface area contributed by atoms with Crippen LogP contribution in [-0.4, -0.2) is 34.4 Å². The summed E-state index contributed by atoms with van der Waals surface area (Å²) in [5.41, 5.74) is 3.44. The Bertz CT molecular complexity index is 1210. The van der Waals surface area contributed by atoms with Crippen LogP contribution in [0.25, 0.3) is 21.9 Å². The average Bonchev–Trinajstić information content (AvgIpc) is 3.20. The zero-order chi connectivity index (χ0) is 22.3. The summed E-state index contributed by atoms with van der Waals surface area (Å²) in [4.78, 5) is 22.3. The van der Waals surface area contributed by atoms with Crippen LogP contribution in [0.1, 0.15) is 42.4 Å². The molecule has 0 unspecified atom stereocenters. The summed E-state index contributed by atoms with van der Waals surface area (Å²) in [6.45, 7) is 3.97. The Hall–Kier alpha value is -2.90. The Morgan fingerprint density at radius 2 is 1.94 bits per heavy atom. The Morgan fingerprint density at radius 1 is 1.09 bits per heavy atom. The number of anilines is 1. The molecule has 0 radical (unpaired) electrons. The van der Waals surface area contributed by atoms with Crippen LogP contribution >= 0.6 is 11.9 Å². The lowest BCUT2D eigenvalue weighted by atomic mass is 10.1. The van der Waals surface area contributed by atoms with E-state index in [4.69, 9.17) is 9.97 Å². The molecule has 2 aromatic heterocycles. The number of imidazole rings is 1. The lowest BCUT2D eigenvalue weighted by Crippen LogP contribution is -2.11. The molecule has 2 aromatic carbocycles. The van der Waals surface area contributed by atoms with Crippen LogP contribution in [0.5, 0.6) is 0 Å². The molecular weight excluding hydrogens is 418 g/mol. The molecule has 4 aromatic rings. The van der Waals surface area contributed by atoms with Gasteiger partial charge in [0.2, 0.25) is 0 Å². The summed E-state index contributed by atoms with van der Waals surface area (Å²) in [6, 6.07) is 16.1. The second kappa shape index (κ2) is 10.6. The number of aryl methyl sites for hydroxylation is 2. The molecule has 0 aliphatic carbocycles. The van der Waals surface area contributed by atoms with Gasteiger partial charge in [0.15, 0.2) is 5.82 Å². The molecule has 166 valence electrons. The molecule has 32 heavy (non-hydrogen) atoms. The predicted molar refractivity (Wildman–Crippen MR) is 133 cm³/mol. The smallest absolute Gasteiger partial charge is 0.154 e. The van der Waals surface area contributed by atoms with E-state index in [1.165, 1.54) is 4.90 Å². The first kappa shape index (κ1) is 22.3. The molecule has 0 bridgehead atoms. The number of aldehydes is 1. The van der Waals surface area contributed by atoms with E-state index < -0.39 is 0 Å². The van der Waals surface area contributed by atoms with Gasteiger partial charge < -0.3 is 9.88 Å². The van der Waals surface area contributed by atoms with Crippen molar-refractivity contribution in [3.63, 3.8) is 0 Å². The highest BCUT2D eigenvalue weighted by molar-refractivity contribution is 7.97. The Labute approximate surface area is 193 Å². The first-order valence-corrected chi connectivity index (χ1v) is 12.0. The van der Waals surface area contributed by atoms with Gasteiger partial charge in [-0.25, -0.2) is 9.97 Å². The van der Waals surface area contributed by atoms with Crippen molar-refractivity contribution in [1.29, 1.82) is 0 Å². The molecule has 0 amide bonds. The number of pyridine rings is 1. The highest BCUT2D eigenvalue weighted by Crippen LogP contribution is 2.31. The monoisotopic (exact) mass is 447 g/mol. The average molecular weight is 448 g/mol. The quantitative estimate of drug-likeness (QED) is 0.180. The largest absolute Gasteiger partial charge is 0.371 e. The van der Waals surface area contributed by atoms with Gasteiger partial charge in [0, 0.05) is 42.4 Å². The van der Waals surface area contributed by atoms with Crippen LogP contribution in [0.3, 0.4) is 0 Å². The van der Waals surface area contributed by atoms with Crippen molar-refractivity contribution in [2.75, 3.05) is 18.9 Å². The minimum Gasteiger partial charge on any atom is -0.371 e. The minimum absolute atomic E-state index is 0.630. The van der Waals surface area contributed by atoms with Gasteiger partial charge in [0.05, 0.1) is 11.0 Å². The highest BCUT2D eigenvalue weighted by atomic mass is 32.2. The van der Waals surface area contributed by atoms with E-state index in [1.54, 1.807) is 11.9 Å². The van der Waals surface area contributed by atoms with E-state index in [1.807, 2.05) is 31.3 Å². The molecule has 0 spiro atoms. The summed E-state index contributed by atoms with van der Waals surface area (Å²) in [5.74, 6) is 1.85. The molecule has 0 aliphatic rings. The molecule has 0 atom stereocenters. The number of fused-ring (bicyclic) bond motifs is 3. The van der Waals surface area contributed by atoms with Gasteiger partial charge in [0.25, 0.3) is 0 Å². The van der Waals surface area contributed by atoms with Crippen molar-refractivity contribution in [2.45, 2.75) is 44.0 Å². The van der Waals surface area contributed by atoms with E-state index >= 15 is 0 Å². The van der Waals surface area contributed by atoms with Crippen molar-refractivity contribution >= 4 is 46.0 Å². The van der Waals surface area contributed by atoms with Gasteiger partial charge in [-0.05, 0) is 49.1 Å². The summed E-state index contributed by atoms with van der Waals surface area (Å²) in [6.07, 6.45) is 5.01. The fourth-order valence-corrected chi connectivity index (χ4v) is 4.60. The number of benzene rings is 2. The van der Waals surface area contributed by atoms with Crippen LogP contribution in [0.2, 0.25) is 0 Å². The maximum atomic E-state index is 11.3. The third kappa shape index (κ3) is 4.79. The molecule has 0 saturated carbocycles. The van der Waals surface area contributed by atoms with Crippen LogP contribution in [-0.2, 0) is 13.0 Å². The van der Waals surface area contributed by atoms with E-state index in [2.05, 4.69) is 45.8 Å². The lowest BCUT2D eigenvalue weighted by Gasteiger charge is -2.12. The summed E-state index contributed by atoms with van der Waals surface area (Å²) in [7, 11) is 1.87. The first-order chi connectivity index (χ1) is 15.7. The maximum Gasteiger partial charge on any atom is 0.154 e. The fraction of sp³-hybridized carbons (Fsp3) is 0.320. The molecule has 4 rings (SSSR count). The molecule has 0 fully saturated rings. The van der Waals surface area contributed by atoms with Gasteiger partial charge in [-0.3, -0.25) is 9.52 Å². The summed E-state index contributed by atoms with van der Waals surface area (Å²) < 4.78 is 5.82. The number of unbranched alkanes of at least 4 members (excludes halogenated alkanes) is 1. The van der Waals surface area contributed by atoms with Crippen molar-refractivity contribution in [1.82, 2.24) is 19.3 Å². The zero-order valence-corrected chi connectivity index (χ0v) is 19.4. The Kier molecular flexibility index (Phi) is 7.39. The van der Waals surface area contributed by atoms with E-state index in [0.717, 1.165) is 78.6 Å². The van der Waals surface area contributed by atoms with Crippen LogP contribution < -0.4 is 10.0 Å². The third-order valence-electron chi connectivity index (χ3n) is 5.50. The number of nitrogens with zero attached hydrogens (tertiary/aromatic N) is 3. The number of carbonyl (C=O) groups is 1. The van der Waals surface area contributed by atoms with Crippen LogP contribution in [0.15, 0.2) is 53.4 Å². The van der Waals surface area contributed by atoms with Crippen LogP contribution in [0, 0.1) is 0 Å². The normalized spacial score (nSPS) is 11.3. The number of hydrogen-bond acceptors (Lipinski definition) is 6. The molecule has 0 aliphatic heterocycles. The number of carbonyl (C=O) groups excluding carboxylic acids is 1. The SMILES string of the molecule is CCCCc1nc2c(NC)nc3cc(C=O)ccc3c2n1CCCNSc1ccccc1. The Balaban J connectivity index is 1.64. The van der Waals surface area contributed by atoms with Gasteiger partial charge in [-0.2, -0.15) is 0 Å². The van der Waals surface area contributed by atoms with E-state index in [9.17, 15) is 4.79 Å². The molecule has 0 saturated heterocycles. The van der Waals surface area contributed by atoms with E-state index in [0.29, 0.717) is 5.56 Å². The minimum atomic E-state index is 0.630. The second-order valence-electron chi connectivity index (χ2n) is 7.75. The van der Waals surface area contributed by atoms with E-state index in [-0.39, 0.29) is 0 Å². The molecule has 2 N–H and O–H groups in total. The number of rotatable bonds is 11. The molecule has 6 nitrogen and oxygen atoms in total. The van der Waals surface area contributed by atoms with Gasteiger partial charge in [0.1, 0.15) is 17.6 Å². The molecule has 2 heterocycles. The summed E-state index contributed by atoms with van der Waals surface area (Å²) >= 11 is 1.66. The van der Waals surface area contributed by atoms with Gasteiger partial charge >= 0.3 is 0 Å². The van der Waals surface area contributed by atoms with Crippen LogP contribution in [0.4, 0.5) is 5.82 Å². The third-order valence-corrected chi connectivity index (χ3v) is 6.36. The molecule has 7 heteroatoms. The standard InChI is InChI=1S/C25H29N5OS/c1-3-4-11-22-29-23-24(20-13-12-18(17-31)16-21(20)28-25(23)26-2)30(22)15-8-14-27-32-19-9-6-5-7-10-19/h5-7,9-10,12-13,16-17,27H,3-4,8,11,14-15H2,1-2H3,(H,26,28). The number of nitrogens with one attached hydrogen (secondary N) is 2. The topological polar surface area (TPSA) is 71.8 Å². The highest BCUT2D eigenvalue weighted by Gasteiger charge is 2.18. The van der Waals surface area contributed by atoms with Crippen molar-refractivity contribution in [3.8, 4) is 0 Å².